The van der Waals surface area contributed by atoms with Crippen LogP contribution in [-0.4, -0.2) is 51.7 Å². The van der Waals surface area contributed by atoms with Crippen LogP contribution in [0.1, 0.15) is 44.9 Å². The average Bonchev–Trinajstić information content (AvgIpc) is 3.13. The number of hydrogen-bond donors (Lipinski definition) is 1. The Morgan fingerprint density at radius 3 is 2.17 bits per heavy atom. The number of rotatable bonds is 2. The van der Waals surface area contributed by atoms with E-state index in [1.54, 1.807) is 0 Å². The smallest absolute Gasteiger partial charge is 0.292 e. The van der Waals surface area contributed by atoms with Crippen LogP contribution >= 0.6 is 0 Å². The number of carbonyl (C=O) groups excluding carboxylic acids is 2. The predicted molar refractivity (Wildman–Crippen MR) is 71.2 cm³/mol. The Kier molecular flexibility index (Phi) is 3.74. The highest BCUT2D eigenvalue weighted by atomic mass is 19.3. The second kappa shape index (κ2) is 5.16. The van der Waals surface area contributed by atoms with E-state index in [1.807, 2.05) is 0 Å². The predicted octanol–water partition coefficient (Wildman–Crippen LogP) is 2.14. The molecule has 8 heteroatoms. The van der Waals surface area contributed by atoms with Gasteiger partial charge in [0.25, 0.3) is 11.8 Å². The van der Waals surface area contributed by atoms with Crippen molar-refractivity contribution in [3.63, 3.8) is 0 Å². The summed E-state index contributed by atoms with van der Waals surface area (Å²) in [5, 5.41) is 9.98. The Balaban J connectivity index is 1.82. The third kappa shape index (κ3) is 2.55. The standard InChI is InChI=1S/C15H19F4NO3/c16-14(17)6-3-9(7-14)10(21)11(22)20-8-15(18,19)12(23)13(20)4-1-2-5-13/h9,12,23H,1-8H2/t9-,12-/m0/s1. The van der Waals surface area contributed by atoms with Gasteiger partial charge in [0.05, 0.1) is 12.1 Å². The van der Waals surface area contributed by atoms with E-state index in [0.717, 1.165) is 4.90 Å². The SMILES string of the molecule is O=C(C(=O)N1CC(F)(F)[C@@H](O)C12CCCC2)[C@H]1CCC(F)(F)C1. The summed E-state index contributed by atoms with van der Waals surface area (Å²) in [7, 11) is 0. The number of ketones is 1. The number of aliphatic hydroxyl groups excluding tert-OH is 1. The molecule has 0 unspecified atom stereocenters. The van der Waals surface area contributed by atoms with Gasteiger partial charge >= 0.3 is 0 Å². The average molecular weight is 337 g/mol. The fourth-order valence-electron chi connectivity index (χ4n) is 4.28. The molecule has 1 spiro atoms. The summed E-state index contributed by atoms with van der Waals surface area (Å²) in [6.45, 7) is -1.03. The molecule has 0 radical (unpaired) electrons. The van der Waals surface area contributed by atoms with Crippen LogP contribution in [0.3, 0.4) is 0 Å². The van der Waals surface area contributed by atoms with Gasteiger partial charge in [0.1, 0.15) is 6.10 Å². The number of carbonyl (C=O) groups is 2. The summed E-state index contributed by atoms with van der Waals surface area (Å²) in [4.78, 5) is 25.4. The maximum absolute atomic E-state index is 13.9. The first-order chi connectivity index (χ1) is 10.6. The van der Waals surface area contributed by atoms with Crippen molar-refractivity contribution in [2.24, 2.45) is 5.92 Å². The molecule has 1 aliphatic heterocycles. The Bertz CT molecular complexity index is 531. The van der Waals surface area contributed by atoms with Gasteiger partial charge in [-0.25, -0.2) is 17.6 Å². The lowest BCUT2D eigenvalue weighted by Crippen LogP contribution is -2.54. The Labute approximate surface area is 130 Å². The maximum atomic E-state index is 13.9. The number of halogens is 4. The second-order valence-electron chi connectivity index (χ2n) is 7.03. The number of hydrogen-bond acceptors (Lipinski definition) is 3. The quantitative estimate of drug-likeness (QED) is 0.620. The zero-order valence-electron chi connectivity index (χ0n) is 12.5. The first-order valence-electron chi connectivity index (χ1n) is 7.89. The minimum Gasteiger partial charge on any atom is -0.384 e. The molecule has 23 heavy (non-hydrogen) atoms. The molecule has 3 rings (SSSR count). The molecule has 0 bridgehead atoms. The van der Waals surface area contributed by atoms with Gasteiger partial charge in [0, 0.05) is 18.8 Å². The van der Waals surface area contributed by atoms with Gasteiger partial charge in [-0.2, -0.15) is 0 Å². The molecular formula is C15H19F4NO3. The lowest BCUT2D eigenvalue weighted by atomic mass is 9.89. The molecule has 1 N–H and O–H groups in total. The van der Waals surface area contributed by atoms with Gasteiger partial charge in [0.2, 0.25) is 11.7 Å². The van der Waals surface area contributed by atoms with Gasteiger partial charge in [-0.15, -0.1) is 0 Å². The zero-order chi connectivity index (χ0) is 17.0. The van der Waals surface area contributed by atoms with Gasteiger partial charge in [-0.3, -0.25) is 9.59 Å². The summed E-state index contributed by atoms with van der Waals surface area (Å²) in [5.41, 5.74) is -1.43. The van der Waals surface area contributed by atoms with E-state index in [0.29, 0.717) is 12.8 Å². The minimum absolute atomic E-state index is 0.114. The first-order valence-corrected chi connectivity index (χ1v) is 7.89. The number of likely N-dealkylation sites (tertiary alicyclic amines) is 1. The molecule has 0 aromatic carbocycles. The summed E-state index contributed by atoms with van der Waals surface area (Å²) in [6.07, 6.45) is -1.76. The molecule has 0 aromatic heterocycles. The molecule has 130 valence electrons. The van der Waals surface area contributed by atoms with Crippen LogP contribution in [0.2, 0.25) is 0 Å². The molecular weight excluding hydrogens is 318 g/mol. The minimum atomic E-state index is -3.49. The molecule has 1 saturated heterocycles. The van der Waals surface area contributed by atoms with Gasteiger partial charge < -0.3 is 10.0 Å². The highest BCUT2D eigenvalue weighted by Crippen LogP contribution is 2.49. The number of aliphatic hydroxyl groups is 1. The van der Waals surface area contributed by atoms with Crippen molar-refractivity contribution in [3.8, 4) is 0 Å². The first kappa shape index (κ1) is 16.7. The number of alkyl halides is 4. The molecule has 3 fully saturated rings. The molecule has 2 atom stereocenters. The highest BCUT2D eigenvalue weighted by Gasteiger charge is 2.65. The van der Waals surface area contributed by atoms with Crippen molar-refractivity contribution in [1.29, 1.82) is 0 Å². The van der Waals surface area contributed by atoms with Gasteiger partial charge in [-0.1, -0.05) is 12.8 Å². The summed E-state index contributed by atoms with van der Waals surface area (Å²) < 4.78 is 54.3. The van der Waals surface area contributed by atoms with E-state index < -0.39 is 60.5 Å². The number of amides is 1. The Morgan fingerprint density at radius 2 is 1.65 bits per heavy atom. The van der Waals surface area contributed by atoms with Crippen LogP contribution in [0.25, 0.3) is 0 Å². The number of Topliss-reactive ketones (excluding diaryl/α,β-unsaturated/α-hetero) is 1. The van der Waals surface area contributed by atoms with E-state index in [-0.39, 0.29) is 19.3 Å². The highest BCUT2D eigenvalue weighted by molar-refractivity contribution is 6.37. The Morgan fingerprint density at radius 1 is 1.04 bits per heavy atom. The topological polar surface area (TPSA) is 57.6 Å². The Hall–Kier alpha value is -1.18. The van der Waals surface area contributed by atoms with Crippen molar-refractivity contribution >= 4 is 11.7 Å². The van der Waals surface area contributed by atoms with E-state index in [2.05, 4.69) is 0 Å². The second-order valence-corrected chi connectivity index (χ2v) is 7.03. The van der Waals surface area contributed by atoms with Crippen LogP contribution in [0.5, 0.6) is 0 Å². The van der Waals surface area contributed by atoms with Crippen molar-refractivity contribution in [1.82, 2.24) is 4.90 Å². The van der Waals surface area contributed by atoms with Crippen LogP contribution in [0.15, 0.2) is 0 Å². The van der Waals surface area contributed by atoms with Crippen LogP contribution in [0, 0.1) is 5.92 Å². The molecule has 1 amide bonds. The molecule has 4 nitrogen and oxygen atoms in total. The van der Waals surface area contributed by atoms with E-state index in [9.17, 15) is 32.3 Å². The molecule has 2 aliphatic carbocycles. The third-order valence-electron chi connectivity index (χ3n) is 5.52. The molecule has 2 saturated carbocycles. The number of nitrogens with zero attached hydrogens (tertiary/aromatic N) is 1. The molecule has 1 heterocycles. The van der Waals surface area contributed by atoms with Crippen molar-refractivity contribution in [2.45, 2.75) is 68.4 Å². The van der Waals surface area contributed by atoms with Gasteiger partial charge in [-0.05, 0) is 19.3 Å². The van der Waals surface area contributed by atoms with Gasteiger partial charge in [0.15, 0.2) is 0 Å². The van der Waals surface area contributed by atoms with Crippen molar-refractivity contribution in [3.05, 3.63) is 0 Å². The lowest BCUT2D eigenvalue weighted by Gasteiger charge is -2.36. The largest absolute Gasteiger partial charge is 0.384 e. The van der Waals surface area contributed by atoms with Crippen LogP contribution in [-0.2, 0) is 9.59 Å². The van der Waals surface area contributed by atoms with E-state index >= 15 is 0 Å². The third-order valence-corrected chi connectivity index (χ3v) is 5.52. The molecule has 3 aliphatic rings. The molecule has 0 aromatic rings. The summed E-state index contributed by atoms with van der Waals surface area (Å²) in [5.74, 6) is -9.77. The van der Waals surface area contributed by atoms with Crippen LogP contribution < -0.4 is 0 Å². The lowest BCUT2D eigenvalue weighted by molar-refractivity contribution is -0.151. The fourth-order valence-corrected chi connectivity index (χ4v) is 4.28. The van der Waals surface area contributed by atoms with E-state index in [4.69, 9.17) is 0 Å². The van der Waals surface area contributed by atoms with Crippen molar-refractivity contribution < 1.29 is 32.3 Å². The monoisotopic (exact) mass is 337 g/mol. The normalized spacial score (nSPS) is 34.2. The summed E-state index contributed by atoms with van der Waals surface area (Å²) >= 11 is 0. The van der Waals surface area contributed by atoms with Crippen molar-refractivity contribution in [2.75, 3.05) is 6.54 Å². The zero-order valence-corrected chi connectivity index (χ0v) is 12.5. The maximum Gasteiger partial charge on any atom is 0.292 e. The summed E-state index contributed by atoms with van der Waals surface area (Å²) in [6, 6.07) is 0. The van der Waals surface area contributed by atoms with E-state index in [1.165, 1.54) is 0 Å². The fraction of sp³-hybridized carbons (Fsp3) is 0.867. The van der Waals surface area contributed by atoms with Crippen LogP contribution in [0.4, 0.5) is 17.6 Å².